The van der Waals surface area contributed by atoms with Crippen LogP contribution in [-0.2, 0) is 4.79 Å². The molecule has 0 fully saturated rings. The number of ether oxygens (including phenoxy) is 1. The third-order valence-electron chi connectivity index (χ3n) is 2.14. The smallest absolute Gasteiger partial charge is 0.223 e. The van der Waals surface area contributed by atoms with Gasteiger partial charge in [0.1, 0.15) is 5.75 Å². The molecule has 94 valence electrons. The van der Waals surface area contributed by atoms with E-state index in [1.807, 2.05) is 0 Å². The number of carbonyl (C=O) groups excluding carboxylic acids is 1. The van der Waals surface area contributed by atoms with Crippen molar-refractivity contribution in [1.82, 2.24) is 5.32 Å². The van der Waals surface area contributed by atoms with E-state index >= 15 is 0 Å². The van der Waals surface area contributed by atoms with Gasteiger partial charge < -0.3 is 20.9 Å². The van der Waals surface area contributed by atoms with E-state index < -0.39 is 0 Å². The van der Waals surface area contributed by atoms with Crippen molar-refractivity contribution in [3.63, 3.8) is 0 Å². The molecule has 1 aromatic carbocycles. The van der Waals surface area contributed by atoms with E-state index in [4.69, 9.17) is 15.6 Å². The molecule has 0 saturated heterocycles. The van der Waals surface area contributed by atoms with Crippen molar-refractivity contribution >= 4 is 11.6 Å². The monoisotopic (exact) mass is 238 g/mol. The number of amides is 1. The summed E-state index contributed by atoms with van der Waals surface area (Å²) in [4.78, 5) is 11.3. The second-order valence-corrected chi connectivity index (χ2v) is 3.82. The molecule has 1 atom stereocenters. The Bertz CT molecular complexity index is 369. The van der Waals surface area contributed by atoms with Gasteiger partial charge in [-0.05, 0) is 19.1 Å². The topological polar surface area (TPSA) is 84.6 Å². The number of aliphatic hydroxyl groups excluding tert-OH is 1. The Morgan fingerprint density at radius 3 is 3.00 bits per heavy atom. The lowest BCUT2D eigenvalue weighted by Crippen LogP contribution is -2.35. The maximum Gasteiger partial charge on any atom is 0.223 e. The summed E-state index contributed by atoms with van der Waals surface area (Å²) < 4.78 is 5.37. The summed E-state index contributed by atoms with van der Waals surface area (Å²) in [5.41, 5.74) is 6.21. The van der Waals surface area contributed by atoms with Gasteiger partial charge in [-0.2, -0.15) is 0 Å². The number of rotatable bonds is 6. The first-order chi connectivity index (χ1) is 8.11. The summed E-state index contributed by atoms with van der Waals surface area (Å²) >= 11 is 0. The van der Waals surface area contributed by atoms with E-state index in [0.717, 1.165) is 0 Å². The average molecular weight is 238 g/mol. The van der Waals surface area contributed by atoms with E-state index in [2.05, 4.69) is 5.32 Å². The molecule has 4 N–H and O–H groups in total. The molecule has 0 radical (unpaired) electrons. The Morgan fingerprint density at radius 1 is 1.59 bits per heavy atom. The number of benzene rings is 1. The number of anilines is 1. The fourth-order valence-corrected chi connectivity index (χ4v) is 1.26. The van der Waals surface area contributed by atoms with Gasteiger partial charge >= 0.3 is 0 Å². The van der Waals surface area contributed by atoms with Crippen LogP contribution in [0.25, 0.3) is 0 Å². The maximum absolute atomic E-state index is 11.3. The lowest BCUT2D eigenvalue weighted by atomic mass is 10.3. The molecule has 0 aliphatic heterocycles. The largest absolute Gasteiger partial charge is 0.493 e. The second-order valence-electron chi connectivity index (χ2n) is 3.82. The van der Waals surface area contributed by atoms with E-state index in [-0.39, 0.29) is 31.6 Å². The quantitative estimate of drug-likeness (QED) is 0.631. The molecule has 1 aromatic rings. The average Bonchev–Trinajstić information content (AvgIpc) is 2.29. The first kappa shape index (κ1) is 13.3. The van der Waals surface area contributed by atoms with Crippen LogP contribution >= 0.6 is 0 Å². The van der Waals surface area contributed by atoms with Crippen molar-refractivity contribution in [2.75, 3.05) is 18.9 Å². The normalized spacial score (nSPS) is 11.9. The molecule has 0 bridgehead atoms. The number of nitrogen functional groups attached to an aromatic ring is 1. The van der Waals surface area contributed by atoms with E-state index in [1.165, 1.54) is 0 Å². The third-order valence-corrected chi connectivity index (χ3v) is 2.14. The van der Waals surface area contributed by atoms with Gasteiger partial charge in [-0.15, -0.1) is 0 Å². The van der Waals surface area contributed by atoms with Crippen LogP contribution in [0.2, 0.25) is 0 Å². The van der Waals surface area contributed by atoms with Crippen molar-refractivity contribution in [2.24, 2.45) is 0 Å². The molecule has 0 aliphatic rings. The van der Waals surface area contributed by atoms with Gasteiger partial charge in [0.15, 0.2) is 0 Å². The zero-order chi connectivity index (χ0) is 12.7. The van der Waals surface area contributed by atoms with Gasteiger partial charge in [0, 0.05) is 17.8 Å². The number of nitrogens with one attached hydrogen (secondary N) is 1. The molecule has 0 heterocycles. The SMILES string of the molecule is CC(CO)NC(=O)CCOc1cccc(N)c1. The Balaban J connectivity index is 2.26. The highest BCUT2D eigenvalue weighted by molar-refractivity contribution is 5.76. The minimum absolute atomic E-state index is 0.0676. The molecule has 1 unspecified atom stereocenters. The molecule has 0 aromatic heterocycles. The van der Waals surface area contributed by atoms with Crippen LogP contribution in [0.1, 0.15) is 13.3 Å². The van der Waals surface area contributed by atoms with Crippen molar-refractivity contribution < 1.29 is 14.6 Å². The number of hydrogen-bond donors (Lipinski definition) is 3. The Kier molecular flexibility index (Phi) is 5.29. The van der Waals surface area contributed by atoms with Gasteiger partial charge in [-0.3, -0.25) is 4.79 Å². The molecule has 5 heteroatoms. The first-order valence-electron chi connectivity index (χ1n) is 5.50. The molecule has 5 nitrogen and oxygen atoms in total. The van der Waals surface area contributed by atoms with E-state index in [9.17, 15) is 4.79 Å². The van der Waals surface area contributed by atoms with Crippen LogP contribution < -0.4 is 15.8 Å². The zero-order valence-electron chi connectivity index (χ0n) is 9.85. The highest BCUT2D eigenvalue weighted by Crippen LogP contribution is 2.14. The fourth-order valence-electron chi connectivity index (χ4n) is 1.26. The van der Waals surface area contributed by atoms with Gasteiger partial charge in [0.2, 0.25) is 5.91 Å². The van der Waals surface area contributed by atoms with Gasteiger partial charge in [0.05, 0.1) is 19.6 Å². The predicted molar refractivity (Wildman–Crippen MR) is 65.7 cm³/mol. The summed E-state index contributed by atoms with van der Waals surface area (Å²) in [5, 5.41) is 11.4. The second kappa shape index (κ2) is 6.75. The van der Waals surface area contributed by atoms with Crippen LogP contribution in [0.3, 0.4) is 0 Å². The lowest BCUT2D eigenvalue weighted by molar-refractivity contribution is -0.122. The molecule has 1 amide bonds. The highest BCUT2D eigenvalue weighted by Gasteiger charge is 2.06. The van der Waals surface area contributed by atoms with Crippen LogP contribution in [0, 0.1) is 0 Å². The van der Waals surface area contributed by atoms with Gasteiger partial charge in [-0.25, -0.2) is 0 Å². The number of hydrogen-bond acceptors (Lipinski definition) is 4. The maximum atomic E-state index is 11.3. The Labute approximate surface area is 101 Å². The number of nitrogens with two attached hydrogens (primary N) is 1. The first-order valence-corrected chi connectivity index (χ1v) is 5.50. The molecular formula is C12H18N2O3. The summed E-state index contributed by atoms with van der Waals surface area (Å²) in [6, 6.07) is 6.81. The van der Waals surface area contributed by atoms with Crippen LogP contribution in [0.5, 0.6) is 5.75 Å². The third kappa shape index (κ3) is 5.21. The molecule has 1 rings (SSSR count). The van der Waals surface area contributed by atoms with Crippen molar-refractivity contribution in [3.8, 4) is 5.75 Å². The van der Waals surface area contributed by atoms with Crippen molar-refractivity contribution in [3.05, 3.63) is 24.3 Å². The molecule has 17 heavy (non-hydrogen) atoms. The van der Waals surface area contributed by atoms with Crippen molar-refractivity contribution in [2.45, 2.75) is 19.4 Å². The number of carbonyl (C=O) groups is 1. The minimum Gasteiger partial charge on any atom is -0.493 e. The fraction of sp³-hybridized carbons (Fsp3) is 0.417. The van der Waals surface area contributed by atoms with Crippen molar-refractivity contribution in [1.29, 1.82) is 0 Å². The van der Waals surface area contributed by atoms with E-state index in [1.54, 1.807) is 31.2 Å². The van der Waals surface area contributed by atoms with Gasteiger partial charge in [-0.1, -0.05) is 6.07 Å². The summed E-state index contributed by atoms with van der Waals surface area (Å²) in [6.07, 6.45) is 0.249. The standard InChI is InChI=1S/C12H18N2O3/c1-9(8-15)14-12(16)5-6-17-11-4-2-3-10(13)7-11/h2-4,7,9,15H,5-6,8,13H2,1H3,(H,14,16). The molecule has 0 spiro atoms. The Morgan fingerprint density at radius 2 is 2.35 bits per heavy atom. The summed E-state index contributed by atoms with van der Waals surface area (Å²) in [7, 11) is 0. The Hall–Kier alpha value is -1.75. The van der Waals surface area contributed by atoms with Crippen LogP contribution in [-0.4, -0.2) is 30.3 Å². The predicted octanol–water partition coefficient (Wildman–Crippen LogP) is 0.535. The summed E-state index contributed by atoms with van der Waals surface area (Å²) in [6.45, 7) is 1.95. The molecule has 0 aliphatic carbocycles. The van der Waals surface area contributed by atoms with Crippen LogP contribution in [0.15, 0.2) is 24.3 Å². The van der Waals surface area contributed by atoms with Gasteiger partial charge in [0.25, 0.3) is 0 Å². The molecular weight excluding hydrogens is 220 g/mol. The van der Waals surface area contributed by atoms with Crippen LogP contribution in [0.4, 0.5) is 5.69 Å². The minimum atomic E-state index is -0.227. The molecule has 0 saturated carbocycles. The highest BCUT2D eigenvalue weighted by atomic mass is 16.5. The lowest BCUT2D eigenvalue weighted by Gasteiger charge is -2.11. The zero-order valence-corrected chi connectivity index (χ0v) is 9.85. The van der Waals surface area contributed by atoms with E-state index in [0.29, 0.717) is 11.4 Å². The number of aliphatic hydroxyl groups is 1. The summed E-state index contributed by atoms with van der Waals surface area (Å²) in [5.74, 6) is 0.503.